The minimum absolute atomic E-state index is 0.363. The van der Waals surface area contributed by atoms with Crippen LogP contribution in [0.5, 0.6) is 5.75 Å². The van der Waals surface area contributed by atoms with E-state index in [1.807, 2.05) is 25.1 Å². The Balaban J connectivity index is 2.50. The lowest BCUT2D eigenvalue weighted by molar-refractivity contribution is 0.412. The van der Waals surface area contributed by atoms with Gasteiger partial charge in [-0.3, -0.25) is 0 Å². The van der Waals surface area contributed by atoms with Crippen LogP contribution in [0.3, 0.4) is 0 Å². The minimum Gasteiger partial charge on any atom is -0.496 e. The standard InChI is InChI=1S/C12H12ClN3O/c1-7-6-9(4-5-10(7)17-3)11-12(13)14-8(2)15-16-11/h4-6H,1-3H3. The summed E-state index contributed by atoms with van der Waals surface area (Å²) in [4.78, 5) is 4.08. The number of nitrogens with zero attached hydrogens (tertiary/aromatic N) is 3. The van der Waals surface area contributed by atoms with Crippen LogP contribution in [0.25, 0.3) is 11.3 Å². The molecule has 0 unspecified atom stereocenters. The summed E-state index contributed by atoms with van der Waals surface area (Å²) in [6, 6.07) is 5.72. The number of aromatic nitrogens is 3. The molecule has 0 aliphatic heterocycles. The highest BCUT2D eigenvalue weighted by Crippen LogP contribution is 2.27. The Kier molecular flexibility index (Phi) is 3.24. The Morgan fingerprint density at radius 3 is 2.53 bits per heavy atom. The molecule has 1 aromatic carbocycles. The van der Waals surface area contributed by atoms with Crippen LogP contribution in [0.4, 0.5) is 0 Å². The second-order valence-electron chi connectivity index (χ2n) is 3.68. The lowest BCUT2D eigenvalue weighted by Crippen LogP contribution is -1.96. The van der Waals surface area contributed by atoms with E-state index < -0.39 is 0 Å². The molecule has 0 bridgehead atoms. The van der Waals surface area contributed by atoms with E-state index in [9.17, 15) is 0 Å². The Hall–Kier alpha value is -1.68. The molecule has 0 radical (unpaired) electrons. The molecule has 0 saturated heterocycles. The van der Waals surface area contributed by atoms with Gasteiger partial charge < -0.3 is 4.74 Å². The molecule has 4 nitrogen and oxygen atoms in total. The van der Waals surface area contributed by atoms with Crippen LogP contribution >= 0.6 is 11.6 Å². The first-order valence-electron chi connectivity index (χ1n) is 5.13. The highest BCUT2D eigenvalue weighted by molar-refractivity contribution is 6.31. The fraction of sp³-hybridized carbons (Fsp3) is 0.250. The molecule has 0 aliphatic rings. The van der Waals surface area contributed by atoms with Crippen LogP contribution < -0.4 is 4.74 Å². The molecular weight excluding hydrogens is 238 g/mol. The summed E-state index contributed by atoms with van der Waals surface area (Å²) in [5, 5.41) is 8.33. The summed E-state index contributed by atoms with van der Waals surface area (Å²) in [7, 11) is 1.64. The molecule has 0 fully saturated rings. The molecule has 2 rings (SSSR count). The third-order valence-electron chi connectivity index (χ3n) is 2.42. The van der Waals surface area contributed by atoms with Crippen LogP contribution in [0.1, 0.15) is 11.4 Å². The molecule has 1 heterocycles. The molecule has 17 heavy (non-hydrogen) atoms. The maximum atomic E-state index is 6.05. The molecule has 2 aromatic rings. The number of halogens is 1. The minimum atomic E-state index is 0.363. The molecule has 0 aliphatic carbocycles. The quantitative estimate of drug-likeness (QED) is 0.821. The number of ether oxygens (including phenoxy) is 1. The summed E-state index contributed by atoms with van der Waals surface area (Å²) in [6.45, 7) is 3.72. The maximum absolute atomic E-state index is 6.05. The van der Waals surface area contributed by atoms with E-state index in [-0.39, 0.29) is 0 Å². The van der Waals surface area contributed by atoms with Crippen molar-refractivity contribution in [1.82, 2.24) is 15.2 Å². The van der Waals surface area contributed by atoms with Crippen LogP contribution in [-0.4, -0.2) is 22.3 Å². The monoisotopic (exact) mass is 249 g/mol. The van der Waals surface area contributed by atoms with Crippen molar-refractivity contribution in [3.63, 3.8) is 0 Å². The normalized spacial score (nSPS) is 10.4. The molecule has 1 aromatic heterocycles. The smallest absolute Gasteiger partial charge is 0.159 e. The van der Waals surface area contributed by atoms with Crippen LogP contribution in [0, 0.1) is 13.8 Å². The maximum Gasteiger partial charge on any atom is 0.159 e. The van der Waals surface area contributed by atoms with Gasteiger partial charge >= 0.3 is 0 Å². The number of methoxy groups -OCH3 is 1. The summed E-state index contributed by atoms with van der Waals surface area (Å²) in [5.41, 5.74) is 2.49. The third-order valence-corrected chi connectivity index (χ3v) is 2.68. The van der Waals surface area contributed by atoms with Crippen molar-refractivity contribution in [3.05, 3.63) is 34.7 Å². The van der Waals surface area contributed by atoms with Gasteiger partial charge in [0.1, 0.15) is 17.3 Å². The van der Waals surface area contributed by atoms with Gasteiger partial charge in [0.05, 0.1) is 7.11 Å². The molecule has 88 valence electrons. The second-order valence-corrected chi connectivity index (χ2v) is 4.04. The highest BCUT2D eigenvalue weighted by Gasteiger charge is 2.09. The predicted octanol–water partition coefficient (Wildman–Crippen LogP) is 2.82. The van der Waals surface area contributed by atoms with E-state index in [2.05, 4.69) is 15.2 Å². The fourth-order valence-corrected chi connectivity index (χ4v) is 1.85. The second kappa shape index (κ2) is 4.67. The van der Waals surface area contributed by atoms with Crippen molar-refractivity contribution >= 4 is 11.6 Å². The van der Waals surface area contributed by atoms with Crippen LogP contribution in [0.15, 0.2) is 18.2 Å². The molecule has 0 atom stereocenters. The van der Waals surface area contributed by atoms with Crippen molar-refractivity contribution in [2.75, 3.05) is 7.11 Å². The van der Waals surface area contributed by atoms with Gasteiger partial charge in [-0.1, -0.05) is 11.6 Å². The van der Waals surface area contributed by atoms with Crippen molar-refractivity contribution in [2.45, 2.75) is 13.8 Å². The Morgan fingerprint density at radius 1 is 1.18 bits per heavy atom. The molecular formula is C12H12ClN3O. The van der Waals surface area contributed by atoms with E-state index in [1.165, 1.54) is 0 Å². The molecule has 0 N–H and O–H groups in total. The zero-order valence-electron chi connectivity index (χ0n) is 9.86. The Labute approximate surface area is 105 Å². The van der Waals surface area contributed by atoms with Crippen LogP contribution in [-0.2, 0) is 0 Å². The number of aryl methyl sites for hydroxylation is 2. The van der Waals surface area contributed by atoms with E-state index in [0.29, 0.717) is 16.7 Å². The van der Waals surface area contributed by atoms with Gasteiger partial charge in [0, 0.05) is 5.56 Å². The zero-order chi connectivity index (χ0) is 12.4. The van der Waals surface area contributed by atoms with Gasteiger partial charge in [-0.15, -0.1) is 10.2 Å². The molecule has 0 spiro atoms. The van der Waals surface area contributed by atoms with Gasteiger partial charge in [0.2, 0.25) is 0 Å². The fourth-order valence-electron chi connectivity index (χ4n) is 1.58. The zero-order valence-corrected chi connectivity index (χ0v) is 10.6. The van der Waals surface area contributed by atoms with Gasteiger partial charge in [-0.05, 0) is 37.6 Å². The summed E-state index contributed by atoms with van der Waals surface area (Å²) in [6.07, 6.45) is 0. The highest BCUT2D eigenvalue weighted by atomic mass is 35.5. The Bertz CT molecular complexity index is 557. The lowest BCUT2D eigenvalue weighted by Gasteiger charge is -2.07. The van der Waals surface area contributed by atoms with Gasteiger partial charge in [-0.2, -0.15) is 0 Å². The summed E-state index contributed by atoms with van der Waals surface area (Å²) < 4.78 is 5.20. The SMILES string of the molecule is COc1ccc(-c2nnc(C)nc2Cl)cc1C. The number of hydrogen-bond donors (Lipinski definition) is 0. The number of hydrogen-bond acceptors (Lipinski definition) is 4. The third kappa shape index (κ3) is 2.36. The van der Waals surface area contributed by atoms with Crippen molar-refractivity contribution in [2.24, 2.45) is 0 Å². The van der Waals surface area contributed by atoms with Crippen LogP contribution in [0.2, 0.25) is 5.15 Å². The summed E-state index contributed by atoms with van der Waals surface area (Å²) >= 11 is 6.05. The average Bonchev–Trinajstić information content (AvgIpc) is 2.29. The number of benzene rings is 1. The molecule has 0 amide bonds. The average molecular weight is 250 g/mol. The first-order chi connectivity index (χ1) is 8.11. The van der Waals surface area contributed by atoms with E-state index in [0.717, 1.165) is 16.9 Å². The molecule has 5 heteroatoms. The number of rotatable bonds is 2. The molecule has 0 saturated carbocycles. The van der Waals surface area contributed by atoms with Crippen molar-refractivity contribution < 1.29 is 4.74 Å². The Morgan fingerprint density at radius 2 is 1.94 bits per heavy atom. The van der Waals surface area contributed by atoms with Gasteiger partial charge in [0.25, 0.3) is 0 Å². The lowest BCUT2D eigenvalue weighted by atomic mass is 10.1. The summed E-state index contributed by atoms with van der Waals surface area (Å²) in [5.74, 6) is 1.39. The van der Waals surface area contributed by atoms with E-state index in [4.69, 9.17) is 16.3 Å². The first kappa shape index (κ1) is 11.8. The first-order valence-corrected chi connectivity index (χ1v) is 5.51. The van der Waals surface area contributed by atoms with Crippen molar-refractivity contribution in [1.29, 1.82) is 0 Å². The van der Waals surface area contributed by atoms with Gasteiger partial charge in [0.15, 0.2) is 5.15 Å². The largest absolute Gasteiger partial charge is 0.496 e. The van der Waals surface area contributed by atoms with Crippen molar-refractivity contribution in [3.8, 4) is 17.0 Å². The topological polar surface area (TPSA) is 47.9 Å². The predicted molar refractivity (Wildman–Crippen MR) is 66.3 cm³/mol. The van der Waals surface area contributed by atoms with Gasteiger partial charge in [-0.25, -0.2) is 4.98 Å². The van der Waals surface area contributed by atoms with E-state index in [1.54, 1.807) is 14.0 Å². The van der Waals surface area contributed by atoms with E-state index >= 15 is 0 Å².